The molecule has 0 unspecified atom stereocenters. The minimum Gasteiger partial charge on any atom is -0.465 e. The summed E-state index contributed by atoms with van der Waals surface area (Å²) in [6, 6.07) is 0. The van der Waals surface area contributed by atoms with Crippen LogP contribution in [0.2, 0.25) is 0 Å². The van der Waals surface area contributed by atoms with Gasteiger partial charge in [0, 0.05) is 0 Å². The van der Waals surface area contributed by atoms with Gasteiger partial charge in [0.15, 0.2) is 0 Å². The number of unbranched alkanes of at least 4 members (excludes halogenated alkanes) is 1. The number of rotatable bonds is 5. The highest BCUT2D eigenvalue weighted by Gasteiger charge is 2.84. The van der Waals surface area contributed by atoms with Gasteiger partial charge in [-0.1, -0.05) is 13.3 Å². The Morgan fingerprint density at radius 2 is 2.18 bits per heavy atom. The molecule has 94 valence electrons. The number of ketones is 1. The maximum atomic E-state index is 11.9. The third kappa shape index (κ3) is 1.41. The third-order valence-corrected chi connectivity index (χ3v) is 3.78. The zero-order chi connectivity index (χ0) is 12.7. The molecule has 1 saturated carbocycles. The van der Waals surface area contributed by atoms with Gasteiger partial charge in [-0.15, -0.1) is 0 Å². The van der Waals surface area contributed by atoms with Crippen molar-refractivity contribution in [3.63, 3.8) is 0 Å². The Morgan fingerprint density at radius 1 is 1.47 bits per heavy atom. The van der Waals surface area contributed by atoms with Crippen molar-refractivity contribution < 1.29 is 23.9 Å². The number of esters is 2. The molecule has 2 rings (SSSR count). The van der Waals surface area contributed by atoms with Gasteiger partial charge in [0.1, 0.15) is 23.2 Å². The first kappa shape index (κ1) is 12.1. The molecule has 0 radical (unpaired) electrons. The first-order chi connectivity index (χ1) is 8.01. The third-order valence-electron chi connectivity index (χ3n) is 3.78. The molecule has 1 aliphatic carbocycles. The number of hydrogen-bond acceptors (Lipinski definition) is 5. The highest BCUT2D eigenvalue weighted by atomic mass is 16.6. The van der Waals surface area contributed by atoms with Gasteiger partial charge in [-0.2, -0.15) is 0 Å². The predicted octanol–water partition coefficient (Wildman–Crippen LogP) is 0.852. The molecule has 5 nitrogen and oxygen atoms in total. The van der Waals surface area contributed by atoms with Crippen molar-refractivity contribution in [3.8, 4) is 0 Å². The van der Waals surface area contributed by atoms with E-state index in [0.717, 1.165) is 12.8 Å². The van der Waals surface area contributed by atoms with E-state index >= 15 is 0 Å². The van der Waals surface area contributed by atoms with E-state index in [1.165, 1.54) is 6.92 Å². The fourth-order valence-electron chi connectivity index (χ4n) is 2.52. The van der Waals surface area contributed by atoms with Crippen LogP contribution in [0.1, 0.15) is 33.1 Å². The second kappa shape index (κ2) is 3.82. The molecule has 2 fully saturated rings. The van der Waals surface area contributed by atoms with Crippen molar-refractivity contribution in [2.24, 2.45) is 10.8 Å². The van der Waals surface area contributed by atoms with Crippen LogP contribution in [0.4, 0.5) is 0 Å². The van der Waals surface area contributed by atoms with Crippen LogP contribution in [0.3, 0.4) is 0 Å². The zero-order valence-corrected chi connectivity index (χ0v) is 10.1. The SMILES string of the molecule is CCCCOC(=O)[C@]12COC(=O)[C@@]1(C(C)=O)C2. The summed E-state index contributed by atoms with van der Waals surface area (Å²) in [7, 11) is 0. The fourth-order valence-corrected chi connectivity index (χ4v) is 2.52. The molecule has 0 aromatic heterocycles. The Kier molecular flexibility index (Phi) is 2.72. The Balaban J connectivity index is 2.09. The van der Waals surface area contributed by atoms with Gasteiger partial charge < -0.3 is 9.47 Å². The van der Waals surface area contributed by atoms with Gasteiger partial charge >= 0.3 is 11.9 Å². The molecule has 1 heterocycles. The summed E-state index contributed by atoms with van der Waals surface area (Å²) in [4.78, 5) is 35.1. The van der Waals surface area contributed by atoms with Crippen molar-refractivity contribution in [1.29, 1.82) is 0 Å². The number of ether oxygens (including phenoxy) is 2. The average molecular weight is 240 g/mol. The Morgan fingerprint density at radius 3 is 2.71 bits per heavy atom. The summed E-state index contributed by atoms with van der Waals surface area (Å²) < 4.78 is 9.96. The monoisotopic (exact) mass is 240 g/mol. The Labute approximate surface area is 99.5 Å². The van der Waals surface area contributed by atoms with Crippen LogP contribution in [0, 0.1) is 10.8 Å². The van der Waals surface area contributed by atoms with E-state index in [1.807, 2.05) is 6.92 Å². The van der Waals surface area contributed by atoms with E-state index in [1.54, 1.807) is 0 Å². The van der Waals surface area contributed by atoms with Crippen molar-refractivity contribution in [1.82, 2.24) is 0 Å². The predicted molar refractivity (Wildman–Crippen MR) is 57.0 cm³/mol. The smallest absolute Gasteiger partial charge is 0.321 e. The molecular formula is C12H16O5. The number of hydrogen-bond donors (Lipinski definition) is 0. The van der Waals surface area contributed by atoms with Gasteiger partial charge in [-0.3, -0.25) is 14.4 Å². The van der Waals surface area contributed by atoms with Crippen molar-refractivity contribution in [2.75, 3.05) is 13.2 Å². The summed E-state index contributed by atoms with van der Waals surface area (Å²) in [6.45, 7) is 3.63. The van der Waals surface area contributed by atoms with Gasteiger partial charge in [0.05, 0.1) is 6.61 Å². The molecule has 0 aromatic carbocycles. The molecule has 1 saturated heterocycles. The molecular weight excluding hydrogens is 224 g/mol. The molecule has 0 aromatic rings. The molecule has 5 heteroatoms. The maximum absolute atomic E-state index is 11.9. The lowest BCUT2D eigenvalue weighted by Crippen LogP contribution is -2.30. The molecule has 2 aliphatic rings. The number of carbonyl (C=O) groups is 3. The lowest BCUT2D eigenvalue weighted by Gasteiger charge is -2.11. The van der Waals surface area contributed by atoms with Crippen LogP contribution in [0.5, 0.6) is 0 Å². The lowest BCUT2D eigenvalue weighted by molar-refractivity contribution is -0.153. The number of cyclic esters (lactones) is 1. The van der Waals surface area contributed by atoms with Crippen LogP contribution >= 0.6 is 0 Å². The molecule has 0 amide bonds. The van der Waals surface area contributed by atoms with E-state index in [2.05, 4.69) is 0 Å². The molecule has 0 N–H and O–H groups in total. The van der Waals surface area contributed by atoms with E-state index in [0.29, 0.717) is 6.61 Å². The second-order valence-corrected chi connectivity index (χ2v) is 4.79. The van der Waals surface area contributed by atoms with E-state index in [9.17, 15) is 14.4 Å². The molecule has 1 aliphatic heterocycles. The summed E-state index contributed by atoms with van der Waals surface area (Å²) in [6.07, 6.45) is 1.95. The highest BCUT2D eigenvalue weighted by molar-refractivity contribution is 6.14. The molecule has 0 bridgehead atoms. The molecule has 17 heavy (non-hydrogen) atoms. The Bertz CT molecular complexity index is 388. The van der Waals surface area contributed by atoms with E-state index in [4.69, 9.17) is 9.47 Å². The van der Waals surface area contributed by atoms with Gasteiger partial charge in [-0.05, 0) is 19.8 Å². The van der Waals surface area contributed by atoms with Crippen LogP contribution in [0.15, 0.2) is 0 Å². The van der Waals surface area contributed by atoms with Gasteiger partial charge in [0.2, 0.25) is 0 Å². The summed E-state index contributed by atoms with van der Waals surface area (Å²) >= 11 is 0. The quantitative estimate of drug-likeness (QED) is 0.405. The number of fused-ring (bicyclic) bond motifs is 1. The lowest BCUT2D eigenvalue weighted by atomic mass is 9.92. The van der Waals surface area contributed by atoms with Gasteiger partial charge in [0.25, 0.3) is 0 Å². The number of carbonyl (C=O) groups excluding carboxylic acids is 3. The largest absolute Gasteiger partial charge is 0.465 e. The molecule has 2 atom stereocenters. The van der Waals surface area contributed by atoms with Crippen LogP contribution in [-0.2, 0) is 23.9 Å². The van der Waals surface area contributed by atoms with Crippen molar-refractivity contribution in [2.45, 2.75) is 33.1 Å². The fraction of sp³-hybridized carbons (Fsp3) is 0.750. The highest BCUT2D eigenvalue weighted by Crippen LogP contribution is 2.69. The summed E-state index contributed by atoms with van der Waals surface area (Å²) in [5.74, 6) is -1.34. The van der Waals surface area contributed by atoms with E-state index < -0.39 is 22.8 Å². The standard InChI is InChI=1S/C12H16O5/c1-3-4-5-16-9(14)11-6-12(11,8(2)13)10(15)17-7-11/h3-7H2,1-2H3/t11-,12-/m0/s1. The first-order valence-corrected chi connectivity index (χ1v) is 5.87. The van der Waals surface area contributed by atoms with Crippen LogP contribution in [0.25, 0.3) is 0 Å². The summed E-state index contributed by atoms with van der Waals surface area (Å²) in [5, 5.41) is 0. The zero-order valence-electron chi connectivity index (χ0n) is 10.1. The second-order valence-electron chi connectivity index (χ2n) is 4.79. The first-order valence-electron chi connectivity index (χ1n) is 5.87. The maximum Gasteiger partial charge on any atom is 0.321 e. The minimum absolute atomic E-state index is 0.0175. The van der Waals surface area contributed by atoms with Crippen LogP contribution in [-0.4, -0.2) is 30.9 Å². The number of Topliss-reactive ketones (excluding diaryl/α,β-unsaturated/α-hetero) is 1. The van der Waals surface area contributed by atoms with Crippen LogP contribution < -0.4 is 0 Å². The van der Waals surface area contributed by atoms with Crippen molar-refractivity contribution in [3.05, 3.63) is 0 Å². The Hall–Kier alpha value is -1.39. The summed E-state index contributed by atoms with van der Waals surface area (Å²) in [5.41, 5.74) is -2.26. The minimum atomic E-state index is -1.24. The average Bonchev–Trinajstić information content (AvgIpc) is 2.91. The normalized spacial score (nSPS) is 33.9. The van der Waals surface area contributed by atoms with Crippen molar-refractivity contribution >= 4 is 17.7 Å². The molecule has 0 spiro atoms. The topological polar surface area (TPSA) is 69.7 Å². The van der Waals surface area contributed by atoms with Gasteiger partial charge in [-0.25, -0.2) is 0 Å². The van der Waals surface area contributed by atoms with E-state index in [-0.39, 0.29) is 18.8 Å².